The topological polar surface area (TPSA) is 58.3 Å². The van der Waals surface area contributed by atoms with Crippen molar-refractivity contribution in [3.63, 3.8) is 0 Å². The van der Waals surface area contributed by atoms with Crippen LogP contribution in [0.2, 0.25) is 0 Å². The molecule has 0 radical (unpaired) electrons. The fraction of sp³-hybridized carbons (Fsp3) is 1.00. The first-order valence-corrected chi connectivity index (χ1v) is 3.35. The van der Waals surface area contributed by atoms with Crippen molar-refractivity contribution >= 4 is 0 Å². The molecule has 0 bridgehead atoms. The van der Waals surface area contributed by atoms with Crippen molar-refractivity contribution in [3.8, 4) is 0 Å². The summed E-state index contributed by atoms with van der Waals surface area (Å²) in [6.07, 6.45) is 0.844. The number of hydrogen-bond acceptors (Lipinski definition) is 3. The minimum atomic E-state index is 0.231. The van der Waals surface area contributed by atoms with Gasteiger partial charge < -0.3 is 16.2 Å². The van der Waals surface area contributed by atoms with E-state index in [1.54, 1.807) is 0 Å². The average Bonchev–Trinajstić information content (AvgIpc) is 1.79. The van der Waals surface area contributed by atoms with Gasteiger partial charge >= 0.3 is 0 Å². The van der Waals surface area contributed by atoms with Crippen LogP contribution in [0.4, 0.5) is 0 Å². The summed E-state index contributed by atoms with van der Waals surface area (Å²) in [5.74, 6) is 0. The number of rotatable bonds is 3. The quantitative estimate of drug-likeness (QED) is 0.455. The molecule has 1 saturated heterocycles. The molecule has 54 valence electrons. The molecule has 4 N–H and O–H groups in total. The molecule has 3 heteroatoms. The molecule has 1 fully saturated rings. The Balaban J connectivity index is 2.28. The first kappa shape index (κ1) is 6.99. The molecule has 3 nitrogen and oxygen atoms in total. The summed E-state index contributed by atoms with van der Waals surface area (Å²) >= 11 is 0. The largest absolute Gasteiger partial charge is 0.396 e. The number of aliphatic hydroxyl groups is 1. The Morgan fingerprint density at radius 1 is 1.56 bits per heavy atom. The third-order valence-electron chi connectivity index (χ3n) is 2.08. The van der Waals surface area contributed by atoms with Crippen molar-refractivity contribution in [1.29, 1.82) is 0 Å². The maximum Gasteiger partial charge on any atom is 0.0437 e. The molecule has 1 aliphatic rings. The third-order valence-corrected chi connectivity index (χ3v) is 2.08. The highest BCUT2D eigenvalue weighted by atomic mass is 16.3. The van der Waals surface area contributed by atoms with Gasteiger partial charge in [-0.2, -0.15) is 0 Å². The second-order valence-corrected chi connectivity index (χ2v) is 2.78. The molecular formula is C6H14N2O. The van der Waals surface area contributed by atoms with Crippen LogP contribution in [0.25, 0.3) is 0 Å². The van der Waals surface area contributed by atoms with E-state index < -0.39 is 0 Å². The molecule has 1 aliphatic heterocycles. The normalized spacial score (nSPS) is 23.3. The van der Waals surface area contributed by atoms with Crippen molar-refractivity contribution in [1.82, 2.24) is 5.32 Å². The van der Waals surface area contributed by atoms with Gasteiger partial charge in [0.1, 0.15) is 0 Å². The van der Waals surface area contributed by atoms with Crippen LogP contribution in [-0.4, -0.2) is 31.3 Å². The molecule has 0 amide bonds. The van der Waals surface area contributed by atoms with Gasteiger partial charge in [0.05, 0.1) is 0 Å². The van der Waals surface area contributed by atoms with Gasteiger partial charge in [-0.15, -0.1) is 0 Å². The minimum Gasteiger partial charge on any atom is -0.396 e. The fourth-order valence-electron chi connectivity index (χ4n) is 1.14. The molecule has 9 heavy (non-hydrogen) atoms. The molecule has 1 rings (SSSR count). The van der Waals surface area contributed by atoms with Crippen LogP contribution in [0.1, 0.15) is 6.42 Å². The Bertz CT molecular complexity index is 85.5. The predicted octanol–water partition coefficient (Wildman–Crippen LogP) is -1.08. The highest BCUT2D eigenvalue weighted by Gasteiger charge is 2.34. The van der Waals surface area contributed by atoms with Crippen molar-refractivity contribution in [2.24, 2.45) is 11.1 Å². The van der Waals surface area contributed by atoms with Gasteiger partial charge in [0.15, 0.2) is 0 Å². The zero-order valence-electron chi connectivity index (χ0n) is 5.56. The Morgan fingerprint density at radius 2 is 2.22 bits per heavy atom. The smallest absolute Gasteiger partial charge is 0.0437 e. The van der Waals surface area contributed by atoms with Crippen LogP contribution in [0.3, 0.4) is 0 Å². The van der Waals surface area contributed by atoms with Crippen LogP contribution >= 0.6 is 0 Å². The number of aliphatic hydroxyl groups excluding tert-OH is 1. The number of nitrogens with one attached hydrogen (secondary N) is 1. The molecule has 0 atom stereocenters. The second kappa shape index (κ2) is 2.64. The Kier molecular flexibility index (Phi) is 2.05. The van der Waals surface area contributed by atoms with Gasteiger partial charge in [-0.1, -0.05) is 0 Å². The molecule has 0 saturated carbocycles. The van der Waals surface area contributed by atoms with Gasteiger partial charge in [0.25, 0.3) is 0 Å². The zero-order chi connectivity index (χ0) is 6.74. The summed E-state index contributed by atoms with van der Waals surface area (Å²) in [4.78, 5) is 0. The van der Waals surface area contributed by atoms with E-state index in [9.17, 15) is 0 Å². The zero-order valence-corrected chi connectivity index (χ0v) is 5.56. The van der Waals surface area contributed by atoms with E-state index >= 15 is 0 Å². The molecular weight excluding hydrogens is 116 g/mol. The SMILES string of the molecule is NCC1(CCO)CNC1. The number of hydrogen-bond donors (Lipinski definition) is 3. The first-order valence-electron chi connectivity index (χ1n) is 3.35. The van der Waals surface area contributed by atoms with Gasteiger partial charge in [-0.3, -0.25) is 0 Å². The van der Waals surface area contributed by atoms with Crippen molar-refractivity contribution in [3.05, 3.63) is 0 Å². The molecule has 0 aromatic rings. The van der Waals surface area contributed by atoms with Gasteiger partial charge in [0.2, 0.25) is 0 Å². The maximum absolute atomic E-state index is 8.61. The van der Waals surface area contributed by atoms with E-state index in [0.29, 0.717) is 6.54 Å². The predicted molar refractivity (Wildman–Crippen MR) is 36.1 cm³/mol. The van der Waals surface area contributed by atoms with Gasteiger partial charge in [-0.25, -0.2) is 0 Å². The summed E-state index contributed by atoms with van der Waals surface area (Å²) in [5.41, 5.74) is 5.73. The van der Waals surface area contributed by atoms with Crippen LogP contribution in [0.15, 0.2) is 0 Å². The fourth-order valence-corrected chi connectivity index (χ4v) is 1.14. The summed E-state index contributed by atoms with van der Waals surface area (Å²) in [5, 5.41) is 11.8. The van der Waals surface area contributed by atoms with Crippen molar-refractivity contribution in [2.75, 3.05) is 26.2 Å². The summed E-state index contributed by atoms with van der Waals surface area (Å²) in [6.45, 7) is 2.91. The minimum absolute atomic E-state index is 0.231. The van der Waals surface area contributed by atoms with E-state index in [1.807, 2.05) is 0 Å². The van der Waals surface area contributed by atoms with E-state index in [0.717, 1.165) is 19.5 Å². The van der Waals surface area contributed by atoms with Crippen LogP contribution in [0.5, 0.6) is 0 Å². The second-order valence-electron chi connectivity index (χ2n) is 2.78. The maximum atomic E-state index is 8.61. The molecule has 0 spiro atoms. The lowest BCUT2D eigenvalue weighted by molar-refractivity contribution is 0.122. The summed E-state index contributed by atoms with van der Waals surface area (Å²) in [6, 6.07) is 0. The number of nitrogens with two attached hydrogens (primary N) is 1. The average molecular weight is 130 g/mol. The van der Waals surface area contributed by atoms with E-state index in [4.69, 9.17) is 10.8 Å². The Labute approximate surface area is 55.2 Å². The third kappa shape index (κ3) is 1.23. The standard InChI is InChI=1S/C6H14N2O/c7-3-6(1-2-9)4-8-5-6/h8-9H,1-5,7H2. The van der Waals surface area contributed by atoms with E-state index in [-0.39, 0.29) is 12.0 Å². The van der Waals surface area contributed by atoms with E-state index in [2.05, 4.69) is 5.32 Å². The van der Waals surface area contributed by atoms with Crippen LogP contribution in [-0.2, 0) is 0 Å². The van der Waals surface area contributed by atoms with Crippen molar-refractivity contribution < 1.29 is 5.11 Å². The molecule has 0 unspecified atom stereocenters. The monoisotopic (exact) mass is 130 g/mol. The lowest BCUT2D eigenvalue weighted by Crippen LogP contribution is -2.57. The Morgan fingerprint density at radius 3 is 2.33 bits per heavy atom. The highest BCUT2D eigenvalue weighted by molar-refractivity contribution is 4.92. The van der Waals surface area contributed by atoms with Crippen LogP contribution < -0.4 is 11.1 Å². The molecule has 0 aromatic carbocycles. The highest BCUT2D eigenvalue weighted by Crippen LogP contribution is 2.24. The van der Waals surface area contributed by atoms with Crippen LogP contribution in [0, 0.1) is 5.41 Å². The molecule has 0 aliphatic carbocycles. The van der Waals surface area contributed by atoms with Crippen molar-refractivity contribution in [2.45, 2.75) is 6.42 Å². The molecule has 1 heterocycles. The van der Waals surface area contributed by atoms with E-state index in [1.165, 1.54) is 0 Å². The lowest BCUT2D eigenvalue weighted by atomic mass is 9.79. The van der Waals surface area contributed by atoms with Gasteiger partial charge in [0, 0.05) is 31.7 Å². The molecule has 0 aromatic heterocycles. The lowest BCUT2D eigenvalue weighted by Gasteiger charge is -2.41. The first-order chi connectivity index (χ1) is 4.33. The summed E-state index contributed by atoms with van der Waals surface area (Å²) < 4.78 is 0. The summed E-state index contributed by atoms with van der Waals surface area (Å²) in [7, 11) is 0. The Hall–Kier alpha value is -0.120. The van der Waals surface area contributed by atoms with Gasteiger partial charge in [-0.05, 0) is 6.42 Å².